The fourth-order valence-electron chi connectivity index (χ4n) is 8.29. The summed E-state index contributed by atoms with van der Waals surface area (Å²) in [6.07, 6.45) is 13.0. The molecule has 2 heterocycles. The second-order valence-electron chi connectivity index (χ2n) is 11.7. The third kappa shape index (κ3) is 3.64. The molecule has 3 nitrogen and oxygen atoms in total. The lowest BCUT2D eigenvalue weighted by Gasteiger charge is -2.53. The van der Waals surface area contributed by atoms with E-state index in [1.165, 1.54) is 51.4 Å². The lowest BCUT2D eigenvalue weighted by atomic mass is 9.52. The molecule has 0 aromatic carbocycles. The Kier molecular flexibility index (Phi) is 5.62. The van der Waals surface area contributed by atoms with Crippen molar-refractivity contribution in [2.75, 3.05) is 13.2 Å². The van der Waals surface area contributed by atoms with Gasteiger partial charge in [0.2, 0.25) is 0 Å². The van der Waals surface area contributed by atoms with Gasteiger partial charge in [-0.3, -0.25) is 0 Å². The van der Waals surface area contributed by atoms with Crippen LogP contribution in [0.1, 0.15) is 85.0 Å². The van der Waals surface area contributed by atoms with E-state index < -0.39 is 0 Å². The number of hydrogen-bond donors (Lipinski definition) is 2. The summed E-state index contributed by atoms with van der Waals surface area (Å²) in [5.74, 6) is 3.99. The highest BCUT2D eigenvalue weighted by molar-refractivity contribution is 5.25. The molecule has 9 atom stereocenters. The van der Waals surface area contributed by atoms with Crippen molar-refractivity contribution >= 4 is 0 Å². The Morgan fingerprint density at radius 1 is 1.10 bits per heavy atom. The van der Waals surface area contributed by atoms with E-state index in [1.807, 2.05) is 0 Å². The van der Waals surface area contributed by atoms with E-state index in [0.29, 0.717) is 17.6 Å². The van der Waals surface area contributed by atoms with E-state index in [1.54, 1.807) is 11.1 Å². The summed E-state index contributed by atoms with van der Waals surface area (Å²) in [7, 11) is 0. The van der Waals surface area contributed by atoms with Crippen molar-refractivity contribution in [2.24, 2.45) is 35.0 Å². The zero-order valence-electron chi connectivity index (χ0n) is 19.0. The number of rotatable bonds is 0. The topological polar surface area (TPSA) is 41.5 Å². The number of piperidine rings is 1. The number of aliphatic hydroxyl groups excluding tert-OH is 1. The Morgan fingerprint density at radius 2 is 1.97 bits per heavy atom. The quantitative estimate of drug-likeness (QED) is 0.556. The van der Waals surface area contributed by atoms with Gasteiger partial charge in [-0.25, -0.2) is 0 Å². The molecule has 164 valence electrons. The van der Waals surface area contributed by atoms with Gasteiger partial charge < -0.3 is 15.2 Å². The van der Waals surface area contributed by atoms with Crippen LogP contribution in [0.3, 0.4) is 0 Å². The van der Waals surface area contributed by atoms with E-state index in [4.69, 9.17) is 4.74 Å². The summed E-state index contributed by atoms with van der Waals surface area (Å²) in [5.41, 5.74) is 3.79. The number of fused-ring (bicyclic) bond motifs is 6. The molecule has 4 fully saturated rings. The molecule has 0 bridgehead atoms. The molecule has 3 aliphatic carbocycles. The first-order valence-corrected chi connectivity index (χ1v) is 12.7. The van der Waals surface area contributed by atoms with Crippen LogP contribution in [0, 0.1) is 35.0 Å². The number of hydrogen-bond acceptors (Lipinski definition) is 3. The van der Waals surface area contributed by atoms with E-state index in [9.17, 15) is 5.11 Å². The zero-order chi connectivity index (χ0) is 20.2. The van der Waals surface area contributed by atoms with Crippen LogP contribution in [0.2, 0.25) is 0 Å². The van der Waals surface area contributed by atoms with Gasteiger partial charge >= 0.3 is 0 Å². The SMILES string of the molecule is C/C1=C2\C[C@H]3[C@@H](CC[C@@H]4C[C@H](O)CC[C@@]43C)[C@@H]2CCC[C@@H]2NC[C@@H](C)C[C@H]2OC1. The van der Waals surface area contributed by atoms with Crippen molar-refractivity contribution < 1.29 is 9.84 Å². The Morgan fingerprint density at radius 3 is 2.83 bits per heavy atom. The van der Waals surface area contributed by atoms with Gasteiger partial charge in [0.05, 0.1) is 18.8 Å². The third-order valence-electron chi connectivity index (χ3n) is 10.0. The van der Waals surface area contributed by atoms with Gasteiger partial charge in [-0.05, 0) is 112 Å². The second kappa shape index (κ2) is 7.95. The molecule has 0 amide bonds. The molecule has 0 unspecified atom stereocenters. The van der Waals surface area contributed by atoms with E-state index in [0.717, 1.165) is 55.6 Å². The van der Waals surface area contributed by atoms with Gasteiger partial charge in [-0.1, -0.05) is 25.8 Å². The minimum Gasteiger partial charge on any atom is -0.393 e. The number of allylic oxidation sites excluding steroid dienone is 1. The van der Waals surface area contributed by atoms with Crippen molar-refractivity contribution in [1.82, 2.24) is 5.32 Å². The number of aliphatic hydroxyl groups is 1. The average Bonchev–Trinajstić information content (AvgIpc) is 3.08. The van der Waals surface area contributed by atoms with Crippen molar-refractivity contribution in [3.63, 3.8) is 0 Å². The summed E-state index contributed by atoms with van der Waals surface area (Å²) in [4.78, 5) is 0. The minimum absolute atomic E-state index is 0.0423. The highest BCUT2D eigenvalue weighted by Gasteiger charge is 2.55. The Labute approximate surface area is 178 Å². The minimum atomic E-state index is -0.0423. The fraction of sp³-hybridized carbons (Fsp3) is 0.923. The van der Waals surface area contributed by atoms with Gasteiger partial charge in [0.1, 0.15) is 0 Å². The smallest absolute Gasteiger partial charge is 0.0735 e. The van der Waals surface area contributed by atoms with Crippen LogP contribution in [0.25, 0.3) is 0 Å². The molecule has 2 N–H and O–H groups in total. The van der Waals surface area contributed by atoms with Crippen molar-refractivity contribution in [3.8, 4) is 0 Å². The molecule has 1 saturated heterocycles. The largest absolute Gasteiger partial charge is 0.393 e. The molecule has 3 heteroatoms. The molecule has 0 aromatic heterocycles. The monoisotopic (exact) mass is 401 g/mol. The van der Waals surface area contributed by atoms with E-state index >= 15 is 0 Å². The molecule has 0 spiro atoms. The van der Waals surface area contributed by atoms with Crippen LogP contribution in [0.5, 0.6) is 0 Å². The lowest BCUT2D eigenvalue weighted by Crippen LogP contribution is -2.49. The van der Waals surface area contributed by atoms with Gasteiger partial charge in [-0.2, -0.15) is 0 Å². The van der Waals surface area contributed by atoms with Crippen molar-refractivity contribution in [2.45, 2.75) is 103 Å². The van der Waals surface area contributed by atoms with Crippen LogP contribution in [-0.4, -0.2) is 36.5 Å². The number of ether oxygens (including phenoxy) is 1. The van der Waals surface area contributed by atoms with Crippen molar-refractivity contribution in [3.05, 3.63) is 11.1 Å². The van der Waals surface area contributed by atoms with Crippen LogP contribution in [0.15, 0.2) is 11.1 Å². The molecule has 3 saturated carbocycles. The summed E-state index contributed by atoms with van der Waals surface area (Å²) in [5, 5.41) is 14.1. The average molecular weight is 402 g/mol. The third-order valence-corrected chi connectivity index (χ3v) is 10.0. The molecular weight excluding hydrogens is 358 g/mol. The normalized spacial score (nSPS) is 53.4. The number of nitrogens with one attached hydrogen (secondary N) is 1. The summed E-state index contributed by atoms with van der Waals surface area (Å²) >= 11 is 0. The predicted octanol–water partition coefficient (Wildman–Crippen LogP) is 5.08. The molecule has 0 aromatic rings. The van der Waals surface area contributed by atoms with Gasteiger partial charge in [-0.15, -0.1) is 0 Å². The molecule has 0 radical (unpaired) electrons. The molecule has 5 rings (SSSR count). The van der Waals surface area contributed by atoms with Crippen LogP contribution in [0.4, 0.5) is 0 Å². The Balaban J connectivity index is 1.39. The highest BCUT2D eigenvalue weighted by Crippen LogP contribution is 2.63. The standard InChI is InChI=1S/C26H43NO2/c1-16-11-25-24(27-14-16)6-4-5-20-21-8-7-18-12-19(28)9-10-26(18,3)23(21)13-22(20)17(2)15-29-25/h16,18-21,23-25,27-28H,4-15H2,1-3H3/b22-17-/t16-,18+,19+,20-,21-,23-,24-,25+,26-/m0/s1. The first-order chi connectivity index (χ1) is 14.0. The van der Waals surface area contributed by atoms with Crippen molar-refractivity contribution in [1.29, 1.82) is 0 Å². The first-order valence-electron chi connectivity index (χ1n) is 12.7. The summed E-state index contributed by atoms with van der Waals surface area (Å²) in [6.45, 7) is 9.32. The maximum absolute atomic E-state index is 10.3. The molecule has 29 heavy (non-hydrogen) atoms. The first kappa shape index (κ1) is 20.5. The van der Waals surface area contributed by atoms with Gasteiger partial charge in [0, 0.05) is 6.04 Å². The highest BCUT2D eigenvalue weighted by atomic mass is 16.5. The van der Waals surface area contributed by atoms with E-state index in [-0.39, 0.29) is 6.10 Å². The Hall–Kier alpha value is -0.380. The van der Waals surface area contributed by atoms with Crippen LogP contribution in [-0.2, 0) is 4.74 Å². The molecule has 5 aliphatic rings. The zero-order valence-corrected chi connectivity index (χ0v) is 19.0. The molecule has 2 aliphatic heterocycles. The van der Waals surface area contributed by atoms with Crippen LogP contribution < -0.4 is 5.32 Å². The van der Waals surface area contributed by atoms with E-state index in [2.05, 4.69) is 26.1 Å². The molecular formula is C26H43NO2. The Bertz CT molecular complexity index is 645. The van der Waals surface area contributed by atoms with Gasteiger partial charge in [0.25, 0.3) is 0 Å². The fourth-order valence-corrected chi connectivity index (χ4v) is 8.29. The summed E-state index contributed by atoms with van der Waals surface area (Å²) in [6, 6.07) is 0.561. The summed E-state index contributed by atoms with van der Waals surface area (Å²) < 4.78 is 6.56. The van der Waals surface area contributed by atoms with Crippen LogP contribution >= 0.6 is 0 Å². The van der Waals surface area contributed by atoms with Gasteiger partial charge in [0.15, 0.2) is 0 Å². The maximum Gasteiger partial charge on any atom is 0.0735 e. The predicted molar refractivity (Wildman–Crippen MR) is 118 cm³/mol. The maximum atomic E-state index is 10.3. The second-order valence-corrected chi connectivity index (χ2v) is 11.7. The lowest BCUT2D eigenvalue weighted by molar-refractivity contribution is -0.0673.